The van der Waals surface area contributed by atoms with E-state index in [1.54, 1.807) is 0 Å². The number of ether oxygens (including phenoxy) is 3. The van der Waals surface area contributed by atoms with E-state index in [1.807, 2.05) is 24.3 Å². The predicted octanol–water partition coefficient (Wildman–Crippen LogP) is 4.69. The van der Waals surface area contributed by atoms with Crippen LogP contribution < -0.4 is 0 Å². The summed E-state index contributed by atoms with van der Waals surface area (Å²) in [5.74, 6) is 2.34. The van der Waals surface area contributed by atoms with Gasteiger partial charge in [0.15, 0.2) is 0 Å². The molecule has 5 nitrogen and oxygen atoms in total. The quantitative estimate of drug-likeness (QED) is 0.625. The van der Waals surface area contributed by atoms with Crippen LogP contribution in [0, 0.1) is 11.8 Å². The molecule has 2 N–H and O–H groups in total. The first-order valence-corrected chi connectivity index (χ1v) is 12.4. The van der Waals surface area contributed by atoms with Crippen LogP contribution in [0.3, 0.4) is 0 Å². The molecule has 2 saturated heterocycles. The lowest BCUT2D eigenvalue weighted by Crippen LogP contribution is -2.55. The molecule has 5 heteroatoms. The standard InChI is InChI=1S/C22H24O2.C6H10O3/c23-19-5-1-17(2-6-19)21-10-15-9-16(11-21)13-22(12-15,14-21)18-3-7-20(24)8-4-18;1(5-3-8-5)7-2-6-4-9-6/h1-8,15-16,23-24H,9-14H2;5-6H,1-4H2. The molecule has 0 radical (unpaired) electrons. The molecule has 33 heavy (non-hydrogen) atoms. The van der Waals surface area contributed by atoms with E-state index in [0.717, 1.165) is 38.3 Å². The van der Waals surface area contributed by atoms with Crippen LogP contribution in [0.1, 0.15) is 49.7 Å². The first kappa shape index (κ1) is 21.5. The minimum absolute atomic E-state index is 0.273. The van der Waals surface area contributed by atoms with Crippen molar-refractivity contribution in [2.24, 2.45) is 11.8 Å². The highest BCUT2D eigenvalue weighted by Crippen LogP contribution is 2.66. The third-order valence-corrected chi connectivity index (χ3v) is 8.43. The maximum Gasteiger partial charge on any atom is 0.115 e. The van der Waals surface area contributed by atoms with E-state index in [0.29, 0.717) is 23.7 Å². The van der Waals surface area contributed by atoms with Gasteiger partial charge in [0.25, 0.3) is 0 Å². The summed E-state index contributed by atoms with van der Waals surface area (Å²) in [6, 6.07) is 16.0. The normalized spacial score (nSPS) is 37.3. The molecule has 0 amide bonds. The summed E-state index contributed by atoms with van der Waals surface area (Å²) in [6.07, 6.45) is 8.58. The Balaban J connectivity index is 0.000000192. The SMILES string of the molecule is C(OCC1CO1)C1CO1.Oc1ccc(C23CC4CC(C2)CC(c2ccc(O)cc2)(C4)C3)cc1. The number of hydrogen-bond acceptors (Lipinski definition) is 5. The Morgan fingerprint density at radius 3 is 1.45 bits per heavy atom. The average Bonchev–Trinajstić information content (AvgIpc) is 3.71. The molecule has 4 bridgehead atoms. The van der Waals surface area contributed by atoms with Gasteiger partial charge in [0, 0.05) is 0 Å². The summed E-state index contributed by atoms with van der Waals surface area (Å²) in [4.78, 5) is 0. The van der Waals surface area contributed by atoms with Gasteiger partial charge in [-0.15, -0.1) is 0 Å². The van der Waals surface area contributed by atoms with Crippen LogP contribution in [0.2, 0.25) is 0 Å². The van der Waals surface area contributed by atoms with Gasteiger partial charge in [-0.05, 0) is 96.6 Å². The average molecular weight is 451 g/mol. The number of aromatic hydroxyl groups is 2. The first-order valence-electron chi connectivity index (χ1n) is 12.4. The van der Waals surface area contributed by atoms with Crippen LogP contribution in [0.15, 0.2) is 48.5 Å². The molecular weight excluding hydrogens is 416 g/mol. The van der Waals surface area contributed by atoms with Crippen LogP contribution in [-0.4, -0.2) is 48.8 Å². The van der Waals surface area contributed by atoms with Crippen molar-refractivity contribution >= 4 is 0 Å². The fourth-order valence-electron chi connectivity index (χ4n) is 7.23. The number of phenolic OH excluding ortho intramolecular Hbond substituents is 2. The van der Waals surface area contributed by atoms with E-state index in [1.165, 1.54) is 49.7 Å². The molecule has 0 spiro atoms. The van der Waals surface area contributed by atoms with Crippen LogP contribution in [0.5, 0.6) is 11.5 Å². The molecule has 4 aliphatic carbocycles. The fraction of sp³-hybridized carbons (Fsp3) is 0.571. The van der Waals surface area contributed by atoms with Gasteiger partial charge in [0.2, 0.25) is 0 Å². The topological polar surface area (TPSA) is 74.8 Å². The molecule has 6 fully saturated rings. The van der Waals surface area contributed by atoms with Crippen molar-refractivity contribution in [3.8, 4) is 11.5 Å². The number of benzene rings is 2. The van der Waals surface area contributed by atoms with Gasteiger partial charge in [0.1, 0.15) is 23.7 Å². The van der Waals surface area contributed by atoms with Gasteiger partial charge in [-0.2, -0.15) is 0 Å². The molecule has 2 aromatic rings. The Bertz CT molecular complexity index is 871. The number of rotatable bonds is 6. The Kier molecular flexibility index (Phi) is 5.39. The fourth-order valence-corrected chi connectivity index (χ4v) is 7.23. The Morgan fingerprint density at radius 2 is 1.09 bits per heavy atom. The van der Waals surface area contributed by atoms with Crippen molar-refractivity contribution in [1.29, 1.82) is 0 Å². The van der Waals surface area contributed by atoms with E-state index in [-0.39, 0.29) is 10.8 Å². The number of phenols is 2. The maximum atomic E-state index is 9.67. The zero-order chi connectivity index (χ0) is 22.5. The summed E-state index contributed by atoms with van der Waals surface area (Å²) in [5, 5.41) is 19.3. The molecule has 8 rings (SSSR count). The van der Waals surface area contributed by atoms with Gasteiger partial charge in [-0.3, -0.25) is 0 Å². The zero-order valence-electron chi connectivity index (χ0n) is 19.1. The Labute approximate surface area is 195 Å². The molecule has 2 aliphatic heterocycles. The second kappa shape index (κ2) is 8.30. The summed E-state index contributed by atoms with van der Waals surface area (Å²) >= 11 is 0. The molecular formula is C28H34O5. The van der Waals surface area contributed by atoms with Crippen molar-refractivity contribution in [3.63, 3.8) is 0 Å². The van der Waals surface area contributed by atoms with Crippen molar-refractivity contribution in [3.05, 3.63) is 59.7 Å². The van der Waals surface area contributed by atoms with Crippen LogP contribution in [0.4, 0.5) is 0 Å². The summed E-state index contributed by atoms with van der Waals surface area (Å²) in [7, 11) is 0. The monoisotopic (exact) mass is 450 g/mol. The first-order chi connectivity index (χ1) is 16.0. The van der Waals surface area contributed by atoms with E-state index >= 15 is 0 Å². The summed E-state index contributed by atoms with van der Waals surface area (Å²) in [6.45, 7) is 3.26. The van der Waals surface area contributed by atoms with E-state index in [2.05, 4.69) is 24.3 Å². The lowest BCUT2D eigenvalue weighted by Gasteiger charge is -2.62. The molecule has 4 saturated carbocycles. The number of hydrogen-bond donors (Lipinski definition) is 2. The van der Waals surface area contributed by atoms with Gasteiger partial charge in [0.05, 0.1) is 26.4 Å². The predicted molar refractivity (Wildman–Crippen MR) is 125 cm³/mol. The molecule has 2 heterocycles. The smallest absolute Gasteiger partial charge is 0.115 e. The largest absolute Gasteiger partial charge is 0.508 e. The van der Waals surface area contributed by atoms with E-state index in [4.69, 9.17) is 14.2 Å². The molecule has 176 valence electrons. The van der Waals surface area contributed by atoms with Crippen LogP contribution >= 0.6 is 0 Å². The van der Waals surface area contributed by atoms with Crippen molar-refractivity contribution in [2.75, 3.05) is 26.4 Å². The van der Waals surface area contributed by atoms with Gasteiger partial charge >= 0.3 is 0 Å². The summed E-state index contributed by atoms with van der Waals surface area (Å²) in [5.41, 5.74) is 3.38. The van der Waals surface area contributed by atoms with Crippen LogP contribution in [-0.2, 0) is 25.0 Å². The molecule has 0 aromatic heterocycles. The van der Waals surface area contributed by atoms with E-state index < -0.39 is 0 Å². The van der Waals surface area contributed by atoms with Crippen molar-refractivity contribution < 1.29 is 24.4 Å². The molecule has 6 aliphatic rings. The second-order valence-electron chi connectivity index (χ2n) is 11.1. The highest BCUT2D eigenvalue weighted by molar-refractivity contribution is 5.40. The second-order valence-corrected chi connectivity index (χ2v) is 11.1. The molecule has 2 aromatic carbocycles. The van der Waals surface area contributed by atoms with E-state index in [9.17, 15) is 10.2 Å². The van der Waals surface area contributed by atoms with Crippen molar-refractivity contribution in [1.82, 2.24) is 0 Å². The summed E-state index contributed by atoms with van der Waals surface area (Å²) < 4.78 is 15.1. The lowest BCUT2D eigenvalue weighted by atomic mass is 9.42. The molecule has 2 unspecified atom stereocenters. The van der Waals surface area contributed by atoms with Crippen molar-refractivity contribution in [2.45, 2.75) is 61.6 Å². The van der Waals surface area contributed by atoms with Crippen LogP contribution in [0.25, 0.3) is 0 Å². The third-order valence-electron chi connectivity index (χ3n) is 8.43. The van der Waals surface area contributed by atoms with Gasteiger partial charge in [-0.1, -0.05) is 24.3 Å². The van der Waals surface area contributed by atoms with Gasteiger partial charge < -0.3 is 24.4 Å². The maximum absolute atomic E-state index is 9.67. The third kappa shape index (κ3) is 4.51. The highest BCUT2D eigenvalue weighted by Gasteiger charge is 2.58. The van der Waals surface area contributed by atoms with Gasteiger partial charge in [-0.25, -0.2) is 0 Å². The highest BCUT2D eigenvalue weighted by atomic mass is 16.6. The number of epoxide rings is 2. The Morgan fingerprint density at radius 1 is 0.697 bits per heavy atom. The minimum atomic E-state index is 0.273. The minimum Gasteiger partial charge on any atom is -0.508 e. The Hall–Kier alpha value is -2.08. The zero-order valence-corrected chi connectivity index (χ0v) is 19.1. The molecule has 2 atom stereocenters. The lowest BCUT2D eigenvalue weighted by molar-refractivity contribution is -0.0281.